The Morgan fingerprint density at radius 3 is 2.60 bits per heavy atom. The van der Waals surface area contributed by atoms with E-state index in [4.69, 9.17) is 11.6 Å². The van der Waals surface area contributed by atoms with Crippen LogP contribution in [0.1, 0.15) is 13.3 Å². The minimum absolute atomic E-state index is 0.206. The Morgan fingerprint density at radius 2 is 2.07 bits per heavy atom. The fourth-order valence-electron chi connectivity index (χ4n) is 2.07. The Morgan fingerprint density at radius 1 is 1.40 bits per heavy atom. The topological polar surface area (TPSA) is 23.5 Å². The van der Waals surface area contributed by atoms with Gasteiger partial charge in [-0.3, -0.25) is 0 Å². The Kier molecular flexibility index (Phi) is 3.17. The number of hydrogen-bond acceptors (Lipinski definition) is 2. The van der Waals surface area contributed by atoms with Crippen molar-refractivity contribution < 1.29 is 5.11 Å². The molecule has 82 valence electrons. The van der Waals surface area contributed by atoms with Crippen molar-refractivity contribution in [2.45, 2.75) is 19.4 Å². The van der Waals surface area contributed by atoms with Gasteiger partial charge in [0.05, 0.1) is 6.10 Å². The molecule has 0 radical (unpaired) electrons. The molecule has 0 amide bonds. The third kappa shape index (κ3) is 2.44. The van der Waals surface area contributed by atoms with Crippen LogP contribution in [0.15, 0.2) is 24.3 Å². The Bertz CT molecular complexity index is 323. The molecule has 2 rings (SSSR count). The second-order valence-corrected chi connectivity index (χ2v) is 4.65. The standard InChI is InChI=1S/C12H16ClNO/c1-9(15)10-6-7-14(8-10)12-4-2-11(13)3-5-12/h2-5,9-10,15H,6-8H2,1H3. The van der Waals surface area contributed by atoms with E-state index in [0.29, 0.717) is 5.92 Å². The van der Waals surface area contributed by atoms with Gasteiger partial charge in [-0.1, -0.05) is 11.6 Å². The van der Waals surface area contributed by atoms with Crippen molar-refractivity contribution >= 4 is 17.3 Å². The lowest BCUT2D eigenvalue weighted by molar-refractivity contribution is 0.136. The van der Waals surface area contributed by atoms with Crippen LogP contribution in [0.3, 0.4) is 0 Å². The van der Waals surface area contributed by atoms with Gasteiger partial charge in [-0.05, 0) is 37.6 Å². The molecule has 0 saturated carbocycles. The third-order valence-corrected chi connectivity index (χ3v) is 3.35. The number of nitrogens with zero attached hydrogens (tertiary/aromatic N) is 1. The number of hydrogen-bond donors (Lipinski definition) is 1. The highest BCUT2D eigenvalue weighted by molar-refractivity contribution is 6.30. The van der Waals surface area contributed by atoms with Gasteiger partial charge in [0, 0.05) is 29.7 Å². The molecule has 1 aromatic rings. The molecule has 1 N–H and O–H groups in total. The number of anilines is 1. The van der Waals surface area contributed by atoms with E-state index in [1.807, 2.05) is 31.2 Å². The van der Waals surface area contributed by atoms with Crippen LogP contribution in [0.25, 0.3) is 0 Å². The van der Waals surface area contributed by atoms with Crippen LogP contribution < -0.4 is 4.90 Å². The molecule has 0 bridgehead atoms. The minimum Gasteiger partial charge on any atom is -0.393 e. The minimum atomic E-state index is -0.206. The van der Waals surface area contributed by atoms with Crippen molar-refractivity contribution in [3.63, 3.8) is 0 Å². The predicted molar refractivity (Wildman–Crippen MR) is 63.5 cm³/mol. The molecule has 2 atom stereocenters. The van der Waals surface area contributed by atoms with E-state index in [0.717, 1.165) is 24.5 Å². The van der Waals surface area contributed by atoms with Gasteiger partial charge in [-0.25, -0.2) is 0 Å². The second-order valence-electron chi connectivity index (χ2n) is 4.21. The summed E-state index contributed by atoms with van der Waals surface area (Å²) in [5, 5.41) is 10.3. The third-order valence-electron chi connectivity index (χ3n) is 3.10. The van der Waals surface area contributed by atoms with Crippen LogP contribution in [-0.2, 0) is 0 Å². The maximum Gasteiger partial charge on any atom is 0.0557 e. The van der Waals surface area contributed by atoms with Gasteiger partial charge >= 0.3 is 0 Å². The lowest BCUT2D eigenvalue weighted by Gasteiger charge is -2.19. The van der Waals surface area contributed by atoms with Crippen LogP contribution in [0, 0.1) is 5.92 Å². The van der Waals surface area contributed by atoms with Gasteiger partial charge in [0.15, 0.2) is 0 Å². The van der Waals surface area contributed by atoms with Gasteiger partial charge in [-0.15, -0.1) is 0 Å². The molecular formula is C12H16ClNO. The highest BCUT2D eigenvalue weighted by Gasteiger charge is 2.25. The van der Waals surface area contributed by atoms with E-state index in [-0.39, 0.29) is 6.10 Å². The summed E-state index contributed by atoms with van der Waals surface area (Å²) in [6, 6.07) is 7.89. The van der Waals surface area contributed by atoms with Crippen LogP contribution in [-0.4, -0.2) is 24.3 Å². The van der Waals surface area contributed by atoms with Crippen LogP contribution >= 0.6 is 11.6 Å². The highest BCUT2D eigenvalue weighted by Crippen LogP contribution is 2.26. The van der Waals surface area contributed by atoms with E-state index in [9.17, 15) is 5.11 Å². The average Bonchev–Trinajstić information content (AvgIpc) is 2.68. The molecule has 15 heavy (non-hydrogen) atoms. The van der Waals surface area contributed by atoms with Crippen LogP contribution in [0.5, 0.6) is 0 Å². The first-order valence-electron chi connectivity index (χ1n) is 5.35. The Labute approximate surface area is 95.5 Å². The monoisotopic (exact) mass is 225 g/mol. The first-order chi connectivity index (χ1) is 7.16. The normalized spacial score (nSPS) is 23.1. The average molecular weight is 226 g/mol. The van der Waals surface area contributed by atoms with Gasteiger partial charge in [0.25, 0.3) is 0 Å². The largest absolute Gasteiger partial charge is 0.393 e. The summed E-state index contributed by atoms with van der Waals surface area (Å²) in [4.78, 5) is 2.30. The summed E-state index contributed by atoms with van der Waals surface area (Å²) in [5.74, 6) is 0.403. The first kappa shape index (κ1) is 10.8. The van der Waals surface area contributed by atoms with Gasteiger partial charge in [0.1, 0.15) is 0 Å². The molecule has 1 aromatic carbocycles. The smallest absolute Gasteiger partial charge is 0.0557 e. The molecule has 1 fully saturated rings. The first-order valence-corrected chi connectivity index (χ1v) is 5.73. The summed E-state index contributed by atoms with van der Waals surface area (Å²) in [5.41, 5.74) is 1.20. The molecule has 1 saturated heterocycles. The van der Waals surface area contributed by atoms with Crippen molar-refractivity contribution in [3.8, 4) is 0 Å². The molecule has 1 aliphatic heterocycles. The van der Waals surface area contributed by atoms with Gasteiger partial charge in [0.2, 0.25) is 0 Å². The maximum absolute atomic E-state index is 9.51. The lowest BCUT2D eigenvalue weighted by Crippen LogP contribution is -2.23. The fraction of sp³-hybridized carbons (Fsp3) is 0.500. The van der Waals surface area contributed by atoms with E-state index in [1.165, 1.54) is 5.69 Å². The Balaban J connectivity index is 2.04. The number of aliphatic hydroxyl groups excluding tert-OH is 1. The molecule has 0 spiro atoms. The quantitative estimate of drug-likeness (QED) is 0.836. The summed E-state index contributed by atoms with van der Waals surface area (Å²) in [6.45, 7) is 3.84. The molecule has 2 unspecified atom stereocenters. The summed E-state index contributed by atoms with van der Waals surface area (Å²) < 4.78 is 0. The maximum atomic E-state index is 9.51. The number of aliphatic hydroxyl groups is 1. The number of halogens is 1. The number of benzene rings is 1. The summed E-state index contributed by atoms with van der Waals surface area (Å²) >= 11 is 5.84. The molecule has 0 aromatic heterocycles. The van der Waals surface area contributed by atoms with E-state index in [1.54, 1.807) is 0 Å². The fourth-order valence-corrected chi connectivity index (χ4v) is 2.19. The van der Waals surface area contributed by atoms with Crippen LogP contribution in [0.4, 0.5) is 5.69 Å². The van der Waals surface area contributed by atoms with Crippen LogP contribution in [0.2, 0.25) is 5.02 Å². The van der Waals surface area contributed by atoms with Crippen molar-refractivity contribution in [2.24, 2.45) is 5.92 Å². The van der Waals surface area contributed by atoms with Gasteiger partial charge in [-0.2, -0.15) is 0 Å². The van der Waals surface area contributed by atoms with Gasteiger partial charge < -0.3 is 10.0 Å². The predicted octanol–water partition coefficient (Wildman–Crippen LogP) is 2.55. The molecular weight excluding hydrogens is 210 g/mol. The number of rotatable bonds is 2. The second kappa shape index (κ2) is 4.42. The zero-order valence-corrected chi connectivity index (χ0v) is 9.61. The van der Waals surface area contributed by atoms with E-state index >= 15 is 0 Å². The summed E-state index contributed by atoms with van der Waals surface area (Å²) in [6.07, 6.45) is 0.864. The molecule has 1 aliphatic rings. The van der Waals surface area contributed by atoms with Crippen molar-refractivity contribution in [1.29, 1.82) is 0 Å². The lowest BCUT2D eigenvalue weighted by atomic mass is 10.0. The summed E-state index contributed by atoms with van der Waals surface area (Å²) in [7, 11) is 0. The zero-order chi connectivity index (χ0) is 10.8. The van der Waals surface area contributed by atoms with E-state index < -0.39 is 0 Å². The van der Waals surface area contributed by atoms with E-state index in [2.05, 4.69) is 4.90 Å². The van der Waals surface area contributed by atoms with Crippen molar-refractivity contribution in [1.82, 2.24) is 0 Å². The molecule has 3 heteroatoms. The Hall–Kier alpha value is -0.730. The van der Waals surface area contributed by atoms with Crippen molar-refractivity contribution in [3.05, 3.63) is 29.3 Å². The zero-order valence-electron chi connectivity index (χ0n) is 8.86. The highest BCUT2D eigenvalue weighted by atomic mass is 35.5. The molecule has 0 aliphatic carbocycles. The van der Waals surface area contributed by atoms with Crippen molar-refractivity contribution in [2.75, 3.05) is 18.0 Å². The molecule has 1 heterocycles. The molecule has 2 nitrogen and oxygen atoms in total. The SMILES string of the molecule is CC(O)C1CCN(c2ccc(Cl)cc2)C1.